The van der Waals surface area contributed by atoms with Crippen molar-refractivity contribution >= 4 is 22.6 Å². The predicted molar refractivity (Wildman–Crippen MR) is 94.8 cm³/mol. The summed E-state index contributed by atoms with van der Waals surface area (Å²) < 4.78 is 2.21. The van der Waals surface area contributed by atoms with Gasteiger partial charge in [-0.3, -0.25) is 0 Å². The number of hydrogen-bond donors (Lipinski definition) is 1. The molecule has 0 aliphatic carbocycles. The van der Waals surface area contributed by atoms with Gasteiger partial charge in [-0.1, -0.05) is 55.3 Å². The van der Waals surface area contributed by atoms with Gasteiger partial charge >= 0.3 is 0 Å². The van der Waals surface area contributed by atoms with Crippen LogP contribution in [0, 0.1) is 0 Å². The van der Waals surface area contributed by atoms with Crippen molar-refractivity contribution in [1.82, 2.24) is 9.55 Å². The zero-order chi connectivity index (χ0) is 16.2. The number of nitrogens with zero attached hydrogens (tertiary/aromatic N) is 2. The fraction of sp³-hybridized carbons (Fsp3) is 0.316. The van der Waals surface area contributed by atoms with Crippen LogP contribution < -0.4 is 0 Å². The third-order valence-electron chi connectivity index (χ3n) is 4.14. The first-order chi connectivity index (χ1) is 11.2. The van der Waals surface area contributed by atoms with Gasteiger partial charge in [-0.05, 0) is 24.1 Å². The van der Waals surface area contributed by atoms with E-state index in [0.29, 0.717) is 6.54 Å². The smallest absolute Gasteiger partial charge is 0.110 e. The van der Waals surface area contributed by atoms with Gasteiger partial charge in [0.15, 0.2) is 0 Å². The van der Waals surface area contributed by atoms with E-state index in [0.717, 1.165) is 52.3 Å². The molecule has 0 bridgehead atoms. The molecule has 1 N–H and O–H groups in total. The lowest BCUT2D eigenvalue weighted by Crippen LogP contribution is -2.07. The second-order valence-electron chi connectivity index (χ2n) is 5.75. The molecule has 0 spiro atoms. The molecule has 3 rings (SSSR count). The number of aliphatic hydroxyl groups excluding tert-OH is 1. The summed E-state index contributed by atoms with van der Waals surface area (Å²) >= 11 is 6.34. The summed E-state index contributed by atoms with van der Waals surface area (Å²) in [6.07, 6.45) is 3.16. The lowest BCUT2D eigenvalue weighted by molar-refractivity contribution is 0.283. The number of rotatable bonds is 6. The van der Waals surface area contributed by atoms with Crippen molar-refractivity contribution in [3.05, 3.63) is 64.4 Å². The Kier molecular flexibility index (Phi) is 4.99. The van der Waals surface area contributed by atoms with Crippen LogP contribution in [0.25, 0.3) is 11.0 Å². The molecule has 0 radical (unpaired) electrons. The third-order valence-corrected chi connectivity index (χ3v) is 4.51. The Morgan fingerprint density at radius 2 is 1.87 bits per heavy atom. The topological polar surface area (TPSA) is 38.1 Å². The number of unbranched alkanes of at least 4 members (excludes halogenated alkanes) is 1. The standard InChI is InChI=1S/C19H21ClN2O/c1-2-3-11-18-21-17-10-6-8-15(13-23)19(17)22(18)12-14-7-4-5-9-16(14)20/h4-10,23H,2-3,11-13H2,1H3. The Hall–Kier alpha value is -1.84. The summed E-state index contributed by atoms with van der Waals surface area (Å²) in [5.41, 5.74) is 3.93. The zero-order valence-electron chi connectivity index (χ0n) is 13.3. The van der Waals surface area contributed by atoms with Crippen LogP contribution in [0.1, 0.15) is 36.7 Å². The van der Waals surface area contributed by atoms with Gasteiger partial charge in [0, 0.05) is 17.0 Å². The van der Waals surface area contributed by atoms with Crippen LogP contribution >= 0.6 is 11.6 Å². The van der Waals surface area contributed by atoms with Crippen LogP contribution in [0.2, 0.25) is 5.02 Å². The maximum absolute atomic E-state index is 9.70. The van der Waals surface area contributed by atoms with Crippen LogP contribution in [0.3, 0.4) is 0 Å². The summed E-state index contributed by atoms with van der Waals surface area (Å²) in [7, 11) is 0. The SMILES string of the molecule is CCCCc1nc2cccc(CO)c2n1Cc1ccccc1Cl. The van der Waals surface area contributed by atoms with E-state index in [4.69, 9.17) is 16.6 Å². The van der Waals surface area contributed by atoms with Crippen molar-refractivity contribution in [3.63, 3.8) is 0 Å². The van der Waals surface area contributed by atoms with Gasteiger partial charge in [-0.2, -0.15) is 0 Å². The lowest BCUT2D eigenvalue weighted by Gasteiger charge is -2.12. The maximum Gasteiger partial charge on any atom is 0.110 e. The highest BCUT2D eigenvalue weighted by atomic mass is 35.5. The van der Waals surface area contributed by atoms with Crippen molar-refractivity contribution in [2.75, 3.05) is 0 Å². The molecule has 0 unspecified atom stereocenters. The van der Waals surface area contributed by atoms with Crippen molar-refractivity contribution in [2.24, 2.45) is 0 Å². The molecular formula is C19H21ClN2O. The summed E-state index contributed by atoms with van der Waals surface area (Å²) in [5.74, 6) is 1.06. The highest BCUT2D eigenvalue weighted by Crippen LogP contribution is 2.25. The molecule has 0 saturated carbocycles. The number of benzene rings is 2. The Morgan fingerprint density at radius 3 is 2.61 bits per heavy atom. The molecule has 1 heterocycles. The van der Waals surface area contributed by atoms with Gasteiger partial charge in [0.05, 0.1) is 24.2 Å². The highest BCUT2D eigenvalue weighted by molar-refractivity contribution is 6.31. The molecule has 0 fully saturated rings. The zero-order valence-corrected chi connectivity index (χ0v) is 14.1. The monoisotopic (exact) mass is 328 g/mol. The largest absolute Gasteiger partial charge is 0.392 e. The summed E-state index contributed by atoms with van der Waals surface area (Å²) in [6.45, 7) is 2.87. The number of para-hydroxylation sites is 1. The van der Waals surface area contributed by atoms with Crippen LogP contribution in [-0.4, -0.2) is 14.7 Å². The van der Waals surface area contributed by atoms with Gasteiger partial charge in [0.2, 0.25) is 0 Å². The molecule has 0 saturated heterocycles. The van der Waals surface area contributed by atoms with E-state index < -0.39 is 0 Å². The average Bonchev–Trinajstić information content (AvgIpc) is 2.92. The first-order valence-corrected chi connectivity index (χ1v) is 8.43. The van der Waals surface area contributed by atoms with Crippen molar-refractivity contribution < 1.29 is 5.11 Å². The van der Waals surface area contributed by atoms with E-state index in [9.17, 15) is 5.11 Å². The number of fused-ring (bicyclic) bond motifs is 1. The molecular weight excluding hydrogens is 308 g/mol. The number of halogens is 1. The van der Waals surface area contributed by atoms with Gasteiger partial charge in [0.1, 0.15) is 5.82 Å². The van der Waals surface area contributed by atoms with E-state index in [-0.39, 0.29) is 6.61 Å². The predicted octanol–water partition coefficient (Wildman–Crippen LogP) is 4.57. The number of hydrogen-bond acceptors (Lipinski definition) is 2. The fourth-order valence-corrected chi connectivity index (χ4v) is 3.12. The van der Waals surface area contributed by atoms with Crippen molar-refractivity contribution in [1.29, 1.82) is 0 Å². The average molecular weight is 329 g/mol. The molecule has 4 heteroatoms. The van der Waals surface area contributed by atoms with E-state index >= 15 is 0 Å². The Bertz CT molecular complexity index is 810. The molecule has 1 aromatic heterocycles. The minimum Gasteiger partial charge on any atom is -0.392 e. The van der Waals surface area contributed by atoms with E-state index in [1.54, 1.807) is 0 Å². The second kappa shape index (κ2) is 7.16. The van der Waals surface area contributed by atoms with Crippen LogP contribution in [0.15, 0.2) is 42.5 Å². The normalized spacial score (nSPS) is 11.3. The Morgan fingerprint density at radius 1 is 1.09 bits per heavy atom. The lowest BCUT2D eigenvalue weighted by atomic mass is 10.1. The quantitative estimate of drug-likeness (QED) is 0.719. The molecule has 0 aliphatic heterocycles. The number of aromatic nitrogens is 2. The minimum absolute atomic E-state index is 0.0127. The van der Waals surface area contributed by atoms with Crippen LogP contribution in [0.5, 0.6) is 0 Å². The van der Waals surface area contributed by atoms with Gasteiger partial charge < -0.3 is 9.67 Å². The van der Waals surface area contributed by atoms with Crippen molar-refractivity contribution in [2.45, 2.75) is 39.3 Å². The second-order valence-corrected chi connectivity index (χ2v) is 6.16. The molecule has 3 aromatic rings. The maximum atomic E-state index is 9.70. The number of imidazole rings is 1. The van der Waals surface area contributed by atoms with E-state index in [1.165, 1.54) is 0 Å². The van der Waals surface area contributed by atoms with E-state index in [1.807, 2.05) is 42.5 Å². The van der Waals surface area contributed by atoms with E-state index in [2.05, 4.69) is 11.5 Å². The van der Waals surface area contributed by atoms with Gasteiger partial charge in [-0.25, -0.2) is 4.98 Å². The molecule has 3 nitrogen and oxygen atoms in total. The molecule has 120 valence electrons. The van der Waals surface area contributed by atoms with Crippen LogP contribution in [-0.2, 0) is 19.6 Å². The molecule has 0 aliphatic rings. The molecule has 23 heavy (non-hydrogen) atoms. The van der Waals surface area contributed by atoms with Crippen LogP contribution in [0.4, 0.5) is 0 Å². The van der Waals surface area contributed by atoms with Crippen molar-refractivity contribution in [3.8, 4) is 0 Å². The summed E-state index contributed by atoms with van der Waals surface area (Å²) in [6, 6.07) is 13.8. The summed E-state index contributed by atoms with van der Waals surface area (Å²) in [5, 5.41) is 10.5. The van der Waals surface area contributed by atoms with Gasteiger partial charge in [0.25, 0.3) is 0 Å². The molecule has 0 amide bonds. The number of aliphatic hydroxyl groups is 1. The molecule has 0 atom stereocenters. The Balaban J connectivity index is 2.13. The highest BCUT2D eigenvalue weighted by Gasteiger charge is 2.14. The fourth-order valence-electron chi connectivity index (χ4n) is 2.93. The first kappa shape index (κ1) is 16.0. The number of aryl methyl sites for hydroxylation is 1. The first-order valence-electron chi connectivity index (χ1n) is 8.05. The summed E-state index contributed by atoms with van der Waals surface area (Å²) in [4.78, 5) is 4.79. The van der Waals surface area contributed by atoms with Gasteiger partial charge in [-0.15, -0.1) is 0 Å². The molecule has 2 aromatic carbocycles. The third kappa shape index (κ3) is 3.26. The minimum atomic E-state index is 0.0127. The Labute approximate surface area is 141 Å².